The Morgan fingerprint density at radius 2 is 1.03 bits per heavy atom. The molecule has 4 nitrogen and oxygen atoms in total. The Morgan fingerprint density at radius 3 is 1.70 bits per heavy atom. The zero-order chi connectivity index (χ0) is 22.0. The van der Waals surface area contributed by atoms with E-state index in [1.807, 2.05) is 103 Å². The molecule has 6 rings (SSSR count). The Labute approximate surface area is 191 Å². The molecule has 0 aliphatic heterocycles. The summed E-state index contributed by atoms with van der Waals surface area (Å²) in [7, 11) is 0. The number of hydrogen-bond donors (Lipinski definition) is 0. The molecular formula is C29H19N3O. The standard InChI is InChI=1S/C29H19N3O/c1-4-10-20(11-5-1)25-19-26(31-28(30-25)21-12-6-2-7-13-21)23-16-17-24-27(18-23)33-29(32-24)22-14-8-3-9-15-22/h1-19H. The lowest BCUT2D eigenvalue weighted by molar-refractivity contribution is 0.620. The van der Waals surface area contributed by atoms with Crippen molar-refractivity contribution in [2.75, 3.05) is 0 Å². The summed E-state index contributed by atoms with van der Waals surface area (Å²) in [6.45, 7) is 0. The lowest BCUT2D eigenvalue weighted by atomic mass is 10.1. The molecule has 0 radical (unpaired) electrons. The first-order chi connectivity index (χ1) is 16.3. The molecule has 0 amide bonds. The predicted octanol–water partition coefficient (Wildman–Crippen LogP) is 7.29. The van der Waals surface area contributed by atoms with Crippen molar-refractivity contribution < 1.29 is 4.42 Å². The first-order valence-corrected chi connectivity index (χ1v) is 10.8. The zero-order valence-electron chi connectivity index (χ0n) is 17.7. The van der Waals surface area contributed by atoms with E-state index < -0.39 is 0 Å². The molecule has 4 heteroatoms. The summed E-state index contributed by atoms with van der Waals surface area (Å²) in [5, 5.41) is 0. The number of hydrogen-bond acceptors (Lipinski definition) is 4. The normalized spacial score (nSPS) is 11.0. The number of aromatic nitrogens is 3. The average Bonchev–Trinajstić information content (AvgIpc) is 3.34. The van der Waals surface area contributed by atoms with Crippen LogP contribution in [0.1, 0.15) is 0 Å². The summed E-state index contributed by atoms with van der Waals surface area (Å²) in [6, 6.07) is 38.2. The van der Waals surface area contributed by atoms with Gasteiger partial charge in [-0.3, -0.25) is 0 Å². The van der Waals surface area contributed by atoms with E-state index in [1.54, 1.807) is 0 Å². The van der Waals surface area contributed by atoms with Gasteiger partial charge < -0.3 is 4.42 Å². The molecule has 0 spiro atoms. The molecule has 0 atom stereocenters. The van der Waals surface area contributed by atoms with E-state index in [-0.39, 0.29) is 0 Å². The summed E-state index contributed by atoms with van der Waals surface area (Å²) in [4.78, 5) is 14.4. The minimum Gasteiger partial charge on any atom is -0.436 e. The van der Waals surface area contributed by atoms with E-state index >= 15 is 0 Å². The van der Waals surface area contributed by atoms with E-state index in [2.05, 4.69) is 17.1 Å². The van der Waals surface area contributed by atoms with E-state index in [4.69, 9.17) is 14.4 Å². The third-order valence-electron chi connectivity index (χ3n) is 5.53. The summed E-state index contributed by atoms with van der Waals surface area (Å²) < 4.78 is 6.09. The monoisotopic (exact) mass is 425 g/mol. The van der Waals surface area contributed by atoms with E-state index in [0.717, 1.165) is 44.7 Å². The van der Waals surface area contributed by atoms with Crippen molar-refractivity contribution in [1.29, 1.82) is 0 Å². The molecule has 0 aliphatic rings. The fraction of sp³-hybridized carbons (Fsp3) is 0. The highest BCUT2D eigenvalue weighted by Crippen LogP contribution is 2.31. The van der Waals surface area contributed by atoms with Gasteiger partial charge in [0.25, 0.3) is 0 Å². The van der Waals surface area contributed by atoms with Crippen LogP contribution in [-0.2, 0) is 0 Å². The Morgan fingerprint density at radius 1 is 0.455 bits per heavy atom. The van der Waals surface area contributed by atoms with Gasteiger partial charge in [-0.05, 0) is 30.3 Å². The van der Waals surface area contributed by atoms with Gasteiger partial charge in [0.15, 0.2) is 11.4 Å². The molecule has 0 saturated carbocycles. The maximum absolute atomic E-state index is 6.09. The SMILES string of the molecule is c1ccc(-c2cc(-c3ccc4nc(-c5ccccc5)oc4c3)nc(-c3ccccc3)n2)cc1. The van der Waals surface area contributed by atoms with Gasteiger partial charge in [-0.2, -0.15) is 0 Å². The van der Waals surface area contributed by atoms with Crippen molar-refractivity contribution in [3.05, 3.63) is 115 Å². The third-order valence-corrected chi connectivity index (χ3v) is 5.53. The van der Waals surface area contributed by atoms with Gasteiger partial charge in [0, 0.05) is 22.3 Å². The number of rotatable bonds is 4. The summed E-state index contributed by atoms with van der Waals surface area (Å²) in [5.41, 5.74) is 7.19. The first kappa shape index (κ1) is 19.1. The molecule has 156 valence electrons. The molecule has 6 aromatic rings. The van der Waals surface area contributed by atoms with Gasteiger partial charge >= 0.3 is 0 Å². The van der Waals surface area contributed by atoms with Gasteiger partial charge in [-0.15, -0.1) is 0 Å². The fourth-order valence-corrected chi connectivity index (χ4v) is 3.86. The molecule has 4 aromatic carbocycles. The van der Waals surface area contributed by atoms with Crippen LogP contribution in [0.2, 0.25) is 0 Å². The van der Waals surface area contributed by atoms with E-state index in [1.165, 1.54) is 0 Å². The van der Waals surface area contributed by atoms with Crippen LogP contribution < -0.4 is 0 Å². The second-order valence-electron chi connectivity index (χ2n) is 7.76. The van der Waals surface area contributed by atoms with E-state index in [9.17, 15) is 0 Å². The van der Waals surface area contributed by atoms with Crippen molar-refractivity contribution in [2.45, 2.75) is 0 Å². The minimum absolute atomic E-state index is 0.611. The maximum atomic E-state index is 6.09. The highest BCUT2D eigenvalue weighted by Gasteiger charge is 2.13. The smallest absolute Gasteiger partial charge is 0.227 e. The topological polar surface area (TPSA) is 51.8 Å². The van der Waals surface area contributed by atoms with Crippen molar-refractivity contribution in [3.63, 3.8) is 0 Å². The lowest BCUT2D eigenvalue weighted by Gasteiger charge is -2.09. The Balaban J connectivity index is 1.49. The van der Waals surface area contributed by atoms with Crippen LogP contribution in [-0.4, -0.2) is 15.0 Å². The summed E-state index contributed by atoms with van der Waals surface area (Å²) in [5.74, 6) is 1.30. The molecule has 33 heavy (non-hydrogen) atoms. The van der Waals surface area contributed by atoms with Crippen molar-refractivity contribution in [3.8, 4) is 45.4 Å². The van der Waals surface area contributed by atoms with Crippen LogP contribution in [0.3, 0.4) is 0 Å². The van der Waals surface area contributed by atoms with Gasteiger partial charge in [-0.1, -0.05) is 84.9 Å². The maximum Gasteiger partial charge on any atom is 0.227 e. The van der Waals surface area contributed by atoms with Crippen LogP contribution in [0.25, 0.3) is 56.5 Å². The largest absolute Gasteiger partial charge is 0.436 e. The number of oxazole rings is 1. The predicted molar refractivity (Wildman–Crippen MR) is 131 cm³/mol. The molecule has 0 bridgehead atoms. The van der Waals surface area contributed by atoms with Crippen LogP contribution in [0.15, 0.2) is 120 Å². The molecular weight excluding hydrogens is 406 g/mol. The van der Waals surface area contributed by atoms with Gasteiger partial charge in [0.1, 0.15) is 5.52 Å². The lowest BCUT2D eigenvalue weighted by Crippen LogP contribution is -1.95. The van der Waals surface area contributed by atoms with Crippen LogP contribution in [0, 0.1) is 0 Å². The van der Waals surface area contributed by atoms with Crippen LogP contribution in [0.5, 0.6) is 0 Å². The third kappa shape index (κ3) is 3.79. The van der Waals surface area contributed by atoms with Crippen LogP contribution in [0.4, 0.5) is 0 Å². The highest BCUT2D eigenvalue weighted by molar-refractivity contribution is 5.82. The molecule has 2 aromatic heterocycles. The Bertz CT molecular complexity index is 1480. The zero-order valence-corrected chi connectivity index (χ0v) is 17.7. The van der Waals surface area contributed by atoms with Crippen molar-refractivity contribution >= 4 is 11.1 Å². The molecule has 0 saturated heterocycles. The first-order valence-electron chi connectivity index (χ1n) is 10.8. The number of fused-ring (bicyclic) bond motifs is 1. The van der Waals surface area contributed by atoms with Gasteiger partial charge in [0.05, 0.1) is 11.4 Å². The van der Waals surface area contributed by atoms with Crippen molar-refractivity contribution in [2.24, 2.45) is 0 Å². The van der Waals surface area contributed by atoms with Gasteiger partial charge in [0.2, 0.25) is 5.89 Å². The molecule has 2 heterocycles. The summed E-state index contributed by atoms with van der Waals surface area (Å²) >= 11 is 0. The number of nitrogens with zero attached hydrogens (tertiary/aromatic N) is 3. The number of benzene rings is 4. The second-order valence-corrected chi connectivity index (χ2v) is 7.76. The average molecular weight is 425 g/mol. The summed E-state index contributed by atoms with van der Waals surface area (Å²) in [6.07, 6.45) is 0. The fourth-order valence-electron chi connectivity index (χ4n) is 3.86. The molecule has 0 fully saturated rings. The minimum atomic E-state index is 0.611. The Hall–Kier alpha value is -4.57. The Kier molecular flexibility index (Phi) is 4.74. The van der Waals surface area contributed by atoms with Gasteiger partial charge in [-0.25, -0.2) is 15.0 Å². The molecule has 0 unspecified atom stereocenters. The quantitative estimate of drug-likeness (QED) is 0.298. The van der Waals surface area contributed by atoms with Crippen LogP contribution >= 0.6 is 0 Å². The molecule has 0 N–H and O–H groups in total. The van der Waals surface area contributed by atoms with E-state index in [0.29, 0.717) is 11.7 Å². The molecule has 0 aliphatic carbocycles. The highest BCUT2D eigenvalue weighted by atomic mass is 16.3. The second kappa shape index (κ2) is 8.17. The van der Waals surface area contributed by atoms with Crippen molar-refractivity contribution in [1.82, 2.24) is 15.0 Å².